The van der Waals surface area contributed by atoms with Crippen LogP contribution in [0.1, 0.15) is 37.8 Å². The normalized spacial score (nSPS) is 15.3. The molecule has 0 amide bonds. The number of carboxylic acid groups (broad SMARTS) is 1. The van der Waals surface area contributed by atoms with Gasteiger partial charge in [-0.05, 0) is 57.6 Å². The fourth-order valence-corrected chi connectivity index (χ4v) is 2.03. The molecule has 0 aliphatic heterocycles. The van der Waals surface area contributed by atoms with Crippen molar-refractivity contribution < 1.29 is 14.6 Å². The lowest BCUT2D eigenvalue weighted by Crippen LogP contribution is -2.26. The number of aliphatic carboxylic acids is 1. The number of ether oxygens (including phenoxy) is 1. The zero-order valence-electron chi connectivity index (χ0n) is 11.9. The lowest BCUT2D eigenvalue weighted by molar-refractivity contribution is -0.146. The van der Waals surface area contributed by atoms with Gasteiger partial charge in [0.2, 0.25) is 0 Å². The number of benzene rings is 1. The summed E-state index contributed by atoms with van der Waals surface area (Å²) in [6.07, 6.45) is 2.99. The van der Waals surface area contributed by atoms with Crippen molar-refractivity contribution in [1.82, 2.24) is 0 Å². The molecule has 3 heteroatoms. The molecule has 0 bridgehead atoms. The van der Waals surface area contributed by atoms with Crippen LogP contribution in [0.4, 0.5) is 0 Å². The van der Waals surface area contributed by atoms with Crippen LogP contribution in [-0.2, 0) is 11.2 Å². The molecular formula is C16H22O3. The maximum absolute atomic E-state index is 11.3. The molecular weight excluding hydrogens is 240 g/mol. The standard InChI is InChI=1S/C16H22O3/c1-11-4-7-14(19-10-12-5-6-12)13(8-11)9-16(2,3)15(17)18/h4,7-8,12H,5-6,9-10H2,1-3H3,(H,17,18). The van der Waals surface area contributed by atoms with Crippen LogP contribution in [0.3, 0.4) is 0 Å². The topological polar surface area (TPSA) is 46.5 Å². The molecule has 104 valence electrons. The molecule has 1 saturated carbocycles. The summed E-state index contributed by atoms with van der Waals surface area (Å²) in [7, 11) is 0. The van der Waals surface area contributed by atoms with Crippen LogP contribution in [0.25, 0.3) is 0 Å². The molecule has 0 saturated heterocycles. The Hall–Kier alpha value is -1.51. The molecule has 19 heavy (non-hydrogen) atoms. The van der Waals surface area contributed by atoms with Crippen molar-refractivity contribution >= 4 is 5.97 Å². The lowest BCUT2D eigenvalue weighted by Gasteiger charge is -2.21. The second-order valence-electron chi connectivity index (χ2n) is 6.23. The highest BCUT2D eigenvalue weighted by Crippen LogP contribution is 2.32. The van der Waals surface area contributed by atoms with Crippen molar-refractivity contribution in [3.8, 4) is 5.75 Å². The Labute approximate surface area is 114 Å². The average molecular weight is 262 g/mol. The summed E-state index contributed by atoms with van der Waals surface area (Å²) in [6.45, 7) is 6.27. The highest BCUT2D eigenvalue weighted by molar-refractivity contribution is 5.74. The summed E-state index contributed by atoms with van der Waals surface area (Å²) in [4.78, 5) is 11.3. The van der Waals surface area contributed by atoms with Crippen molar-refractivity contribution in [2.75, 3.05) is 6.61 Å². The molecule has 1 fully saturated rings. The lowest BCUT2D eigenvalue weighted by atomic mass is 9.85. The van der Waals surface area contributed by atoms with Crippen LogP contribution < -0.4 is 4.74 Å². The van der Waals surface area contributed by atoms with Crippen molar-refractivity contribution in [3.63, 3.8) is 0 Å². The Morgan fingerprint density at radius 1 is 1.42 bits per heavy atom. The Morgan fingerprint density at radius 3 is 2.68 bits per heavy atom. The number of hydrogen-bond acceptors (Lipinski definition) is 2. The molecule has 1 aromatic rings. The Balaban J connectivity index is 2.15. The van der Waals surface area contributed by atoms with E-state index in [-0.39, 0.29) is 0 Å². The number of carbonyl (C=O) groups is 1. The summed E-state index contributed by atoms with van der Waals surface area (Å²) in [6, 6.07) is 6.01. The van der Waals surface area contributed by atoms with Gasteiger partial charge in [0.05, 0.1) is 12.0 Å². The van der Waals surface area contributed by atoms with Gasteiger partial charge in [-0.2, -0.15) is 0 Å². The van der Waals surface area contributed by atoms with E-state index in [4.69, 9.17) is 4.74 Å². The van der Waals surface area contributed by atoms with Crippen molar-refractivity contribution in [2.24, 2.45) is 11.3 Å². The fourth-order valence-electron chi connectivity index (χ4n) is 2.03. The summed E-state index contributed by atoms with van der Waals surface area (Å²) < 4.78 is 5.85. The van der Waals surface area contributed by atoms with Gasteiger partial charge in [-0.3, -0.25) is 4.79 Å². The molecule has 0 radical (unpaired) electrons. The average Bonchev–Trinajstić information content (AvgIpc) is 3.11. The first kappa shape index (κ1) is 13.9. The summed E-state index contributed by atoms with van der Waals surface area (Å²) in [5, 5.41) is 9.25. The van der Waals surface area contributed by atoms with Crippen LogP contribution in [-0.4, -0.2) is 17.7 Å². The van der Waals surface area contributed by atoms with Gasteiger partial charge in [-0.15, -0.1) is 0 Å². The van der Waals surface area contributed by atoms with Gasteiger partial charge in [0, 0.05) is 0 Å². The maximum atomic E-state index is 11.3. The minimum atomic E-state index is -0.776. The molecule has 1 N–H and O–H groups in total. The maximum Gasteiger partial charge on any atom is 0.309 e. The first-order chi connectivity index (χ1) is 8.88. The molecule has 3 nitrogen and oxygen atoms in total. The summed E-state index contributed by atoms with van der Waals surface area (Å²) in [5.41, 5.74) is 1.36. The number of carboxylic acids is 1. The van der Waals surface area contributed by atoms with Gasteiger partial charge in [0.25, 0.3) is 0 Å². The molecule has 0 unspecified atom stereocenters. The van der Waals surface area contributed by atoms with Crippen molar-refractivity contribution in [3.05, 3.63) is 29.3 Å². The molecule has 0 heterocycles. The summed E-state index contributed by atoms with van der Waals surface area (Å²) >= 11 is 0. The predicted molar refractivity (Wildman–Crippen MR) is 74.5 cm³/mol. The molecule has 1 aliphatic carbocycles. The van der Waals surface area contributed by atoms with Crippen LogP contribution >= 0.6 is 0 Å². The largest absolute Gasteiger partial charge is 0.493 e. The van der Waals surface area contributed by atoms with Crippen molar-refractivity contribution in [2.45, 2.75) is 40.0 Å². The highest BCUT2D eigenvalue weighted by atomic mass is 16.5. The fraction of sp³-hybridized carbons (Fsp3) is 0.562. The first-order valence-electron chi connectivity index (χ1n) is 6.84. The number of aryl methyl sites for hydroxylation is 1. The van der Waals surface area contributed by atoms with Gasteiger partial charge < -0.3 is 9.84 Å². The van der Waals surface area contributed by atoms with Gasteiger partial charge in [0.15, 0.2) is 0 Å². The Bertz CT molecular complexity index is 473. The molecule has 1 aliphatic rings. The predicted octanol–water partition coefficient (Wildman–Crippen LogP) is 3.44. The van der Waals surface area contributed by atoms with E-state index in [1.807, 2.05) is 25.1 Å². The minimum Gasteiger partial charge on any atom is -0.493 e. The van der Waals surface area contributed by atoms with E-state index in [9.17, 15) is 9.90 Å². The third-order valence-electron chi connectivity index (χ3n) is 3.60. The second kappa shape index (κ2) is 5.24. The van der Waals surface area contributed by atoms with E-state index in [2.05, 4.69) is 0 Å². The van der Waals surface area contributed by atoms with Gasteiger partial charge >= 0.3 is 5.97 Å². The van der Waals surface area contributed by atoms with E-state index in [0.29, 0.717) is 12.3 Å². The molecule has 0 atom stereocenters. The first-order valence-corrected chi connectivity index (χ1v) is 6.84. The molecule has 1 aromatic carbocycles. The van der Waals surface area contributed by atoms with Gasteiger partial charge in [-0.1, -0.05) is 17.7 Å². The summed E-state index contributed by atoms with van der Waals surface area (Å²) in [5.74, 6) is 0.760. The number of hydrogen-bond donors (Lipinski definition) is 1. The molecule has 0 spiro atoms. The van der Waals surface area contributed by atoms with E-state index in [0.717, 1.165) is 23.5 Å². The Morgan fingerprint density at radius 2 is 2.11 bits per heavy atom. The van der Waals surface area contributed by atoms with Crippen LogP contribution in [0.2, 0.25) is 0 Å². The van der Waals surface area contributed by atoms with E-state index in [1.54, 1.807) is 13.8 Å². The van der Waals surface area contributed by atoms with Gasteiger partial charge in [-0.25, -0.2) is 0 Å². The smallest absolute Gasteiger partial charge is 0.309 e. The quantitative estimate of drug-likeness (QED) is 0.854. The van der Waals surface area contributed by atoms with Crippen LogP contribution in [0.15, 0.2) is 18.2 Å². The van der Waals surface area contributed by atoms with Crippen LogP contribution in [0, 0.1) is 18.3 Å². The third kappa shape index (κ3) is 3.72. The van der Waals surface area contributed by atoms with E-state index >= 15 is 0 Å². The number of rotatable bonds is 6. The molecule has 0 aromatic heterocycles. The van der Waals surface area contributed by atoms with Crippen LogP contribution in [0.5, 0.6) is 5.75 Å². The zero-order chi connectivity index (χ0) is 14.0. The SMILES string of the molecule is Cc1ccc(OCC2CC2)c(CC(C)(C)C(=O)O)c1. The third-order valence-corrected chi connectivity index (χ3v) is 3.60. The minimum absolute atomic E-state index is 0.490. The van der Waals surface area contributed by atoms with E-state index < -0.39 is 11.4 Å². The van der Waals surface area contributed by atoms with E-state index in [1.165, 1.54) is 12.8 Å². The van der Waals surface area contributed by atoms with Crippen molar-refractivity contribution in [1.29, 1.82) is 0 Å². The Kier molecular flexibility index (Phi) is 3.83. The molecule has 2 rings (SSSR count). The van der Waals surface area contributed by atoms with Gasteiger partial charge in [0.1, 0.15) is 5.75 Å². The second-order valence-corrected chi connectivity index (χ2v) is 6.23. The zero-order valence-corrected chi connectivity index (χ0v) is 11.9. The monoisotopic (exact) mass is 262 g/mol. The highest BCUT2D eigenvalue weighted by Gasteiger charge is 2.29.